The molecule has 2 heteroatoms. The summed E-state index contributed by atoms with van der Waals surface area (Å²) in [5.74, 6) is 2.55. The van der Waals surface area contributed by atoms with Gasteiger partial charge in [-0.05, 0) is 82.3 Å². The molecule has 0 saturated heterocycles. The largest absolute Gasteiger partial charge is 0.412 e. The van der Waals surface area contributed by atoms with E-state index in [9.17, 15) is 0 Å². The van der Waals surface area contributed by atoms with Gasteiger partial charge in [0.2, 0.25) is 0 Å². The van der Waals surface area contributed by atoms with Crippen molar-refractivity contribution in [2.45, 2.75) is 78.6 Å². The SMILES string of the molecule is CC1=C2CC(C)(C)[C@@H]2[C@H]2C[C@@](C)(O[Si](C)(C)C)[C@@H]2CC1. The minimum Gasteiger partial charge on any atom is -0.412 e. The summed E-state index contributed by atoms with van der Waals surface area (Å²) >= 11 is 0. The molecule has 3 rings (SSSR count). The molecule has 0 heterocycles. The van der Waals surface area contributed by atoms with Crippen LogP contribution in [0, 0.1) is 23.2 Å². The maximum atomic E-state index is 6.62. The van der Waals surface area contributed by atoms with E-state index in [1.165, 1.54) is 25.7 Å². The molecule has 0 radical (unpaired) electrons. The summed E-state index contributed by atoms with van der Waals surface area (Å²) in [6.45, 7) is 16.8. The molecule has 2 fully saturated rings. The van der Waals surface area contributed by atoms with Gasteiger partial charge in [0.05, 0.1) is 5.60 Å². The number of allylic oxidation sites excluding steroid dienone is 2. The molecule has 114 valence electrons. The summed E-state index contributed by atoms with van der Waals surface area (Å²) < 4.78 is 6.62. The van der Waals surface area contributed by atoms with Crippen molar-refractivity contribution in [3.05, 3.63) is 11.1 Å². The van der Waals surface area contributed by atoms with Crippen LogP contribution in [-0.4, -0.2) is 13.9 Å². The van der Waals surface area contributed by atoms with Gasteiger partial charge in [-0.15, -0.1) is 0 Å². The van der Waals surface area contributed by atoms with Gasteiger partial charge in [0.25, 0.3) is 0 Å². The van der Waals surface area contributed by atoms with Crippen LogP contribution in [0.2, 0.25) is 19.6 Å². The fourth-order valence-corrected chi connectivity index (χ4v) is 7.21. The van der Waals surface area contributed by atoms with Crippen molar-refractivity contribution in [1.29, 1.82) is 0 Å². The van der Waals surface area contributed by atoms with Gasteiger partial charge in [0.15, 0.2) is 8.32 Å². The van der Waals surface area contributed by atoms with E-state index in [-0.39, 0.29) is 5.60 Å². The number of hydrogen-bond donors (Lipinski definition) is 0. The fraction of sp³-hybridized carbons (Fsp3) is 0.889. The molecule has 4 atom stereocenters. The Morgan fingerprint density at radius 2 is 1.80 bits per heavy atom. The summed E-state index contributed by atoms with van der Waals surface area (Å²) in [7, 11) is -1.44. The summed E-state index contributed by atoms with van der Waals surface area (Å²) in [6, 6.07) is 0. The molecule has 0 spiro atoms. The van der Waals surface area contributed by atoms with Crippen molar-refractivity contribution in [2.75, 3.05) is 0 Å². The third-order valence-corrected chi connectivity index (χ3v) is 7.23. The van der Waals surface area contributed by atoms with E-state index in [0.29, 0.717) is 5.41 Å². The van der Waals surface area contributed by atoms with Crippen molar-refractivity contribution in [3.63, 3.8) is 0 Å². The predicted octanol–water partition coefficient (Wildman–Crippen LogP) is 5.39. The van der Waals surface area contributed by atoms with E-state index in [1.807, 2.05) is 5.57 Å². The Bertz CT molecular complexity index is 457. The Hall–Kier alpha value is -0.0831. The lowest BCUT2D eigenvalue weighted by atomic mass is 9.46. The van der Waals surface area contributed by atoms with E-state index in [4.69, 9.17) is 4.43 Å². The quantitative estimate of drug-likeness (QED) is 0.490. The van der Waals surface area contributed by atoms with Gasteiger partial charge in [-0.25, -0.2) is 0 Å². The molecule has 3 aliphatic carbocycles. The third-order valence-electron chi connectivity index (χ3n) is 6.15. The lowest BCUT2D eigenvalue weighted by Crippen LogP contribution is -2.62. The van der Waals surface area contributed by atoms with Crippen molar-refractivity contribution in [2.24, 2.45) is 23.2 Å². The Morgan fingerprint density at radius 3 is 2.35 bits per heavy atom. The first kappa shape index (κ1) is 14.8. The number of hydrogen-bond acceptors (Lipinski definition) is 1. The summed E-state index contributed by atoms with van der Waals surface area (Å²) in [4.78, 5) is 0. The smallest absolute Gasteiger partial charge is 0.184 e. The number of rotatable bonds is 2. The molecule has 3 aliphatic rings. The summed E-state index contributed by atoms with van der Waals surface area (Å²) in [6.07, 6.45) is 5.31. The first-order valence-electron chi connectivity index (χ1n) is 8.42. The average molecular weight is 293 g/mol. The van der Waals surface area contributed by atoms with Crippen LogP contribution in [0.3, 0.4) is 0 Å². The highest BCUT2D eigenvalue weighted by Crippen LogP contribution is 2.66. The predicted molar refractivity (Wildman–Crippen MR) is 88.3 cm³/mol. The van der Waals surface area contributed by atoms with Crippen LogP contribution in [0.4, 0.5) is 0 Å². The van der Waals surface area contributed by atoms with Gasteiger partial charge in [0, 0.05) is 0 Å². The Morgan fingerprint density at radius 1 is 1.15 bits per heavy atom. The van der Waals surface area contributed by atoms with E-state index in [2.05, 4.69) is 47.3 Å². The fourth-order valence-electron chi connectivity index (χ4n) is 5.58. The molecule has 2 saturated carbocycles. The maximum absolute atomic E-state index is 6.62. The van der Waals surface area contributed by atoms with Crippen molar-refractivity contribution in [1.82, 2.24) is 0 Å². The van der Waals surface area contributed by atoms with E-state index >= 15 is 0 Å². The zero-order valence-electron chi connectivity index (χ0n) is 14.5. The van der Waals surface area contributed by atoms with Gasteiger partial charge < -0.3 is 4.43 Å². The van der Waals surface area contributed by atoms with E-state index < -0.39 is 8.32 Å². The van der Waals surface area contributed by atoms with Crippen molar-refractivity contribution in [3.8, 4) is 0 Å². The highest BCUT2D eigenvalue weighted by Gasteiger charge is 2.61. The molecule has 0 amide bonds. The minimum atomic E-state index is -1.44. The van der Waals surface area contributed by atoms with Crippen LogP contribution < -0.4 is 0 Å². The lowest BCUT2D eigenvalue weighted by molar-refractivity contribution is -0.150. The topological polar surface area (TPSA) is 9.23 Å². The molecular formula is C18H32OSi. The van der Waals surface area contributed by atoms with Crippen LogP contribution in [0.1, 0.15) is 53.4 Å². The second-order valence-electron chi connectivity index (χ2n) is 9.49. The Labute approximate surface area is 126 Å². The molecule has 20 heavy (non-hydrogen) atoms. The van der Waals surface area contributed by atoms with Crippen LogP contribution in [0.25, 0.3) is 0 Å². The zero-order valence-corrected chi connectivity index (χ0v) is 15.5. The molecule has 0 aliphatic heterocycles. The van der Waals surface area contributed by atoms with Crippen LogP contribution in [0.15, 0.2) is 11.1 Å². The first-order valence-corrected chi connectivity index (χ1v) is 11.8. The molecule has 1 nitrogen and oxygen atoms in total. The molecule has 0 aromatic rings. The molecule has 0 aromatic carbocycles. The van der Waals surface area contributed by atoms with Gasteiger partial charge in [-0.3, -0.25) is 0 Å². The van der Waals surface area contributed by atoms with Gasteiger partial charge in [-0.1, -0.05) is 25.0 Å². The standard InChI is InChI=1S/C18H32OSi/c1-12-8-9-15-14(16-13(12)10-17(16,2)3)11-18(15,4)19-20(5,6)7/h14-16H,8-11H2,1-7H3/t14-,15+,16-,18+/m0/s1. The Kier molecular flexibility index (Phi) is 3.13. The van der Waals surface area contributed by atoms with Gasteiger partial charge in [0.1, 0.15) is 0 Å². The average Bonchev–Trinajstić information content (AvgIpc) is 2.31. The monoisotopic (exact) mass is 292 g/mol. The third kappa shape index (κ3) is 2.14. The second-order valence-corrected chi connectivity index (χ2v) is 13.9. The molecule has 0 bridgehead atoms. The van der Waals surface area contributed by atoms with Gasteiger partial charge in [-0.2, -0.15) is 0 Å². The van der Waals surface area contributed by atoms with Gasteiger partial charge >= 0.3 is 0 Å². The normalized spacial score (nSPS) is 43.0. The first-order chi connectivity index (χ1) is 9.04. The van der Waals surface area contributed by atoms with Crippen LogP contribution >= 0.6 is 0 Å². The molecule has 0 aromatic heterocycles. The van der Waals surface area contributed by atoms with Crippen LogP contribution in [-0.2, 0) is 4.43 Å². The van der Waals surface area contributed by atoms with Crippen molar-refractivity contribution < 1.29 is 4.43 Å². The Balaban J connectivity index is 1.83. The highest BCUT2D eigenvalue weighted by molar-refractivity contribution is 6.69. The summed E-state index contributed by atoms with van der Waals surface area (Å²) in [5.41, 5.74) is 4.23. The van der Waals surface area contributed by atoms with E-state index in [0.717, 1.165) is 17.8 Å². The number of fused-ring (bicyclic) bond motifs is 3. The summed E-state index contributed by atoms with van der Waals surface area (Å²) in [5, 5.41) is 0. The van der Waals surface area contributed by atoms with Crippen LogP contribution in [0.5, 0.6) is 0 Å². The molecule has 0 unspecified atom stereocenters. The lowest BCUT2D eigenvalue weighted by Gasteiger charge is -2.63. The maximum Gasteiger partial charge on any atom is 0.184 e. The second kappa shape index (κ2) is 4.22. The highest BCUT2D eigenvalue weighted by atomic mass is 28.4. The minimum absolute atomic E-state index is 0.177. The van der Waals surface area contributed by atoms with E-state index in [1.54, 1.807) is 5.57 Å². The zero-order chi connectivity index (χ0) is 14.9. The van der Waals surface area contributed by atoms with Crippen molar-refractivity contribution >= 4 is 8.32 Å². The molecular weight excluding hydrogens is 260 g/mol. The molecule has 0 N–H and O–H groups in total.